The number of amides is 1. The van der Waals surface area contributed by atoms with Crippen LogP contribution in [0.15, 0.2) is 18.2 Å². The molecule has 18 heavy (non-hydrogen) atoms. The molecule has 0 aromatic heterocycles. The van der Waals surface area contributed by atoms with Crippen molar-refractivity contribution in [2.75, 3.05) is 6.54 Å². The van der Waals surface area contributed by atoms with Crippen molar-refractivity contribution in [3.05, 3.63) is 34.3 Å². The molecule has 2 atom stereocenters. The largest absolute Gasteiger partial charge is 0.392 e. The Labute approximate surface area is 110 Å². The summed E-state index contributed by atoms with van der Waals surface area (Å²) in [5.74, 6) is -0.295. The second kappa shape index (κ2) is 6.70. The molecule has 6 heteroatoms. The van der Waals surface area contributed by atoms with Gasteiger partial charge in [-0.05, 0) is 17.7 Å². The molecular weight excluding hydrogens is 258 g/mol. The van der Waals surface area contributed by atoms with E-state index in [0.717, 1.165) is 0 Å². The normalized spacial score (nSPS) is 14.1. The summed E-state index contributed by atoms with van der Waals surface area (Å²) in [6.45, 7) is 1.06. The van der Waals surface area contributed by atoms with E-state index in [0.29, 0.717) is 16.1 Å². The number of nitrogens with one attached hydrogen (secondary N) is 1. The number of halogens is 1. The minimum Gasteiger partial charge on any atom is -0.392 e. The summed E-state index contributed by atoms with van der Waals surface area (Å²) in [6, 6.07) is 4.68. The maximum absolute atomic E-state index is 10.7. The van der Waals surface area contributed by atoms with Crippen LogP contribution in [0.2, 0.25) is 5.02 Å². The van der Waals surface area contributed by atoms with E-state index in [9.17, 15) is 15.0 Å². The predicted molar refractivity (Wildman–Crippen MR) is 67.0 cm³/mol. The predicted octanol–water partition coefficient (Wildman–Crippen LogP) is 0.363. The van der Waals surface area contributed by atoms with Crippen LogP contribution in [0.5, 0.6) is 0 Å². The lowest BCUT2D eigenvalue weighted by atomic mass is 10.0. The molecule has 100 valence electrons. The van der Waals surface area contributed by atoms with Gasteiger partial charge in [-0.25, -0.2) is 0 Å². The second-order valence-corrected chi connectivity index (χ2v) is 4.37. The molecular formula is C12H16ClNO4. The summed E-state index contributed by atoms with van der Waals surface area (Å²) < 4.78 is 0. The second-order valence-electron chi connectivity index (χ2n) is 3.96. The van der Waals surface area contributed by atoms with Gasteiger partial charge in [0.25, 0.3) is 0 Å². The first kappa shape index (κ1) is 14.9. The van der Waals surface area contributed by atoms with Crippen molar-refractivity contribution in [3.63, 3.8) is 0 Å². The van der Waals surface area contributed by atoms with E-state index < -0.39 is 12.2 Å². The van der Waals surface area contributed by atoms with Gasteiger partial charge in [0, 0.05) is 24.1 Å². The molecule has 0 heterocycles. The topological polar surface area (TPSA) is 89.8 Å². The Kier molecular flexibility index (Phi) is 5.55. The Morgan fingerprint density at radius 2 is 2.11 bits per heavy atom. The lowest BCUT2D eigenvalue weighted by molar-refractivity contribution is -0.119. The molecule has 0 saturated carbocycles. The quantitative estimate of drug-likeness (QED) is 0.624. The highest BCUT2D eigenvalue weighted by Gasteiger charge is 2.21. The molecule has 0 saturated heterocycles. The maximum atomic E-state index is 10.7. The van der Waals surface area contributed by atoms with Crippen molar-refractivity contribution >= 4 is 17.5 Å². The lowest BCUT2D eigenvalue weighted by Crippen LogP contribution is -2.34. The number of carbonyl (C=O) groups is 1. The third kappa shape index (κ3) is 3.96. The number of rotatable bonds is 5. The van der Waals surface area contributed by atoms with Crippen molar-refractivity contribution in [2.45, 2.75) is 25.7 Å². The zero-order valence-electron chi connectivity index (χ0n) is 9.93. The summed E-state index contributed by atoms with van der Waals surface area (Å²) in [5, 5.41) is 31.4. The van der Waals surface area contributed by atoms with Crippen LogP contribution >= 0.6 is 11.6 Å². The summed E-state index contributed by atoms with van der Waals surface area (Å²) in [6.07, 6.45) is -2.39. The standard InChI is InChI=1S/C12H16ClNO4/c1-7(16)14-5-11(17)12(18)9-4-8(6-15)2-3-10(9)13/h2-4,11-12,15,17-18H,5-6H2,1H3,(H,14,16). The highest BCUT2D eigenvalue weighted by atomic mass is 35.5. The van der Waals surface area contributed by atoms with Gasteiger partial charge in [0.05, 0.1) is 6.61 Å². The Balaban J connectivity index is 2.81. The third-order valence-electron chi connectivity index (χ3n) is 2.49. The highest BCUT2D eigenvalue weighted by Crippen LogP contribution is 2.26. The number of benzene rings is 1. The number of hydrogen-bond acceptors (Lipinski definition) is 4. The number of hydrogen-bond donors (Lipinski definition) is 4. The molecule has 2 unspecified atom stereocenters. The van der Waals surface area contributed by atoms with Crippen LogP contribution in [0.25, 0.3) is 0 Å². The summed E-state index contributed by atoms with van der Waals surface area (Å²) in [5.41, 5.74) is 0.904. The zero-order chi connectivity index (χ0) is 13.7. The first-order chi connectivity index (χ1) is 8.45. The molecule has 0 aliphatic rings. The van der Waals surface area contributed by atoms with Crippen LogP contribution in [0.4, 0.5) is 0 Å². The van der Waals surface area contributed by atoms with Crippen LogP contribution in [0, 0.1) is 0 Å². The van der Waals surface area contributed by atoms with E-state index >= 15 is 0 Å². The van der Waals surface area contributed by atoms with E-state index in [1.807, 2.05) is 0 Å². The molecule has 0 radical (unpaired) electrons. The fraction of sp³-hybridized carbons (Fsp3) is 0.417. The minimum atomic E-state index is -1.23. The van der Waals surface area contributed by atoms with Gasteiger partial charge in [0.15, 0.2) is 0 Å². The molecule has 0 aliphatic heterocycles. The van der Waals surface area contributed by atoms with Gasteiger partial charge in [-0.15, -0.1) is 0 Å². The van der Waals surface area contributed by atoms with Crippen molar-refractivity contribution in [3.8, 4) is 0 Å². The van der Waals surface area contributed by atoms with Crippen LogP contribution in [-0.2, 0) is 11.4 Å². The fourth-order valence-corrected chi connectivity index (χ4v) is 1.71. The zero-order valence-corrected chi connectivity index (χ0v) is 10.7. The molecule has 0 bridgehead atoms. The van der Waals surface area contributed by atoms with E-state index in [-0.39, 0.29) is 19.1 Å². The van der Waals surface area contributed by atoms with Gasteiger partial charge in [-0.2, -0.15) is 0 Å². The molecule has 1 aromatic rings. The smallest absolute Gasteiger partial charge is 0.216 e. The minimum absolute atomic E-state index is 0.0732. The number of aliphatic hydroxyl groups is 3. The van der Waals surface area contributed by atoms with Crippen LogP contribution in [0.1, 0.15) is 24.2 Å². The SMILES string of the molecule is CC(=O)NCC(O)C(O)c1cc(CO)ccc1Cl. The van der Waals surface area contributed by atoms with E-state index in [1.165, 1.54) is 19.1 Å². The molecule has 0 aliphatic carbocycles. The first-order valence-electron chi connectivity index (χ1n) is 5.45. The Morgan fingerprint density at radius 3 is 2.67 bits per heavy atom. The van der Waals surface area contributed by atoms with Crippen molar-refractivity contribution in [1.29, 1.82) is 0 Å². The Hall–Kier alpha value is -1.14. The molecule has 1 rings (SSSR count). The first-order valence-corrected chi connectivity index (χ1v) is 5.83. The lowest BCUT2D eigenvalue weighted by Gasteiger charge is -2.20. The molecule has 1 amide bonds. The Bertz CT molecular complexity index is 425. The molecule has 5 nitrogen and oxygen atoms in total. The van der Waals surface area contributed by atoms with Crippen molar-refractivity contribution in [1.82, 2.24) is 5.32 Å². The van der Waals surface area contributed by atoms with Gasteiger partial charge in [0.2, 0.25) is 5.91 Å². The van der Waals surface area contributed by atoms with Crippen LogP contribution in [0.3, 0.4) is 0 Å². The monoisotopic (exact) mass is 273 g/mol. The van der Waals surface area contributed by atoms with Crippen molar-refractivity contribution < 1.29 is 20.1 Å². The highest BCUT2D eigenvalue weighted by molar-refractivity contribution is 6.31. The summed E-state index contributed by atoms with van der Waals surface area (Å²) in [4.78, 5) is 10.7. The van der Waals surface area contributed by atoms with E-state index in [1.54, 1.807) is 6.07 Å². The fourth-order valence-electron chi connectivity index (χ4n) is 1.49. The average molecular weight is 274 g/mol. The molecule has 4 N–H and O–H groups in total. The molecule has 0 fully saturated rings. The summed E-state index contributed by atoms with van der Waals surface area (Å²) in [7, 11) is 0. The molecule has 0 spiro atoms. The van der Waals surface area contributed by atoms with Gasteiger partial charge in [-0.1, -0.05) is 17.7 Å². The average Bonchev–Trinajstić information content (AvgIpc) is 2.35. The number of aliphatic hydroxyl groups excluding tert-OH is 3. The van der Waals surface area contributed by atoms with Crippen LogP contribution < -0.4 is 5.32 Å². The molecule has 1 aromatic carbocycles. The van der Waals surface area contributed by atoms with Gasteiger partial charge >= 0.3 is 0 Å². The van der Waals surface area contributed by atoms with Gasteiger partial charge < -0.3 is 20.6 Å². The van der Waals surface area contributed by atoms with Gasteiger partial charge in [-0.3, -0.25) is 4.79 Å². The number of carbonyl (C=O) groups excluding carboxylic acids is 1. The van der Waals surface area contributed by atoms with E-state index in [2.05, 4.69) is 5.32 Å². The van der Waals surface area contributed by atoms with Crippen LogP contribution in [-0.4, -0.2) is 33.9 Å². The maximum Gasteiger partial charge on any atom is 0.216 e. The summed E-state index contributed by atoms with van der Waals surface area (Å²) >= 11 is 5.91. The van der Waals surface area contributed by atoms with Crippen molar-refractivity contribution in [2.24, 2.45) is 0 Å². The third-order valence-corrected chi connectivity index (χ3v) is 2.83. The van der Waals surface area contributed by atoms with E-state index in [4.69, 9.17) is 16.7 Å². The Morgan fingerprint density at radius 1 is 1.44 bits per heavy atom. The van der Waals surface area contributed by atoms with Gasteiger partial charge in [0.1, 0.15) is 12.2 Å².